The number of halogens is 5. The largest absolute Gasteiger partial charge is 0.416 e. The fraction of sp³-hybridized carbons (Fsp3) is 0.0625. The summed E-state index contributed by atoms with van der Waals surface area (Å²) in [7, 11) is 0. The van der Waals surface area contributed by atoms with E-state index in [4.69, 9.17) is 0 Å². The third-order valence-electron chi connectivity index (χ3n) is 2.79. The Balaban J connectivity index is 2.40. The third-order valence-corrected chi connectivity index (χ3v) is 2.79. The van der Waals surface area contributed by atoms with E-state index in [2.05, 4.69) is 0 Å². The summed E-state index contributed by atoms with van der Waals surface area (Å²) in [4.78, 5) is 10.7. The van der Waals surface area contributed by atoms with Gasteiger partial charge in [-0.3, -0.25) is 4.79 Å². The van der Waals surface area contributed by atoms with Crippen molar-refractivity contribution in [1.29, 1.82) is 0 Å². The van der Waals surface area contributed by atoms with E-state index in [1.165, 1.54) is 18.2 Å². The molecular weight excluding hydrogens is 303 g/mol. The fourth-order valence-electron chi connectivity index (χ4n) is 1.87. The molecule has 0 N–H and O–H groups in total. The van der Waals surface area contributed by atoms with Gasteiger partial charge in [0.1, 0.15) is 17.9 Å². The molecule has 0 fully saturated rings. The quantitative estimate of drug-likeness (QED) is 0.444. The Morgan fingerprint density at radius 3 is 1.73 bits per heavy atom. The highest BCUT2D eigenvalue weighted by Gasteiger charge is 2.30. The zero-order valence-electron chi connectivity index (χ0n) is 11.0. The van der Waals surface area contributed by atoms with E-state index in [1.807, 2.05) is 0 Å². The van der Waals surface area contributed by atoms with E-state index < -0.39 is 23.4 Å². The van der Waals surface area contributed by atoms with Gasteiger partial charge in [-0.1, -0.05) is 12.2 Å². The van der Waals surface area contributed by atoms with E-state index in [0.717, 1.165) is 24.3 Å². The van der Waals surface area contributed by atoms with E-state index >= 15 is 0 Å². The van der Waals surface area contributed by atoms with Gasteiger partial charge in [0.15, 0.2) is 0 Å². The summed E-state index contributed by atoms with van der Waals surface area (Å²) >= 11 is 0. The average Bonchev–Trinajstić information content (AvgIpc) is 2.43. The number of hydrogen-bond donors (Lipinski definition) is 0. The summed E-state index contributed by atoms with van der Waals surface area (Å²) in [6.07, 6.45) is -1.78. The van der Waals surface area contributed by atoms with Crippen LogP contribution in [-0.4, -0.2) is 6.29 Å². The van der Waals surface area contributed by atoms with Crippen LogP contribution < -0.4 is 0 Å². The van der Waals surface area contributed by atoms with Crippen LogP contribution in [0.1, 0.15) is 27.0 Å². The third kappa shape index (κ3) is 4.00. The maximum absolute atomic E-state index is 13.0. The molecule has 0 aliphatic carbocycles. The van der Waals surface area contributed by atoms with Crippen molar-refractivity contribution in [3.63, 3.8) is 0 Å². The molecule has 2 aromatic carbocycles. The Morgan fingerprint density at radius 1 is 0.727 bits per heavy atom. The number of aldehydes is 1. The molecule has 0 saturated heterocycles. The fourth-order valence-corrected chi connectivity index (χ4v) is 1.87. The highest BCUT2D eigenvalue weighted by atomic mass is 19.4. The van der Waals surface area contributed by atoms with E-state index in [1.54, 1.807) is 0 Å². The summed E-state index contributed by atoms with van der Waals surface area (Å²) in [6, 6.07) is 5.58. The lowest BCUT2D eigenvalue weighted by Gasteiger charge is -2.08. The smallest absolute Gasteiger partial charge is 0.298 e. The SMILES string of the molecule is O=Cc1cc(/C=C/c2cc(F)cc(F)c2)cc(C(F)(F)F)c1. The average molecular weight is 312 g/mol. The Bertz CT molecular complexity index is 712. The normalized spacial score (nSPS) is 11.9. The second-order valence-electron chi connectivity index (χ2n) is 4.54. The molecule has 0 spiro atoms. The first-order valence-electron chi connectivity index (χ1n) is 6.09. The zero-order chi connectivity index (χ0) is 16.3. The van der Waals surface area contributed by atoms with Gasteiger partial charge in [0.05, 0.1) is 5.56 Å². The zero-order valence-corrected chi connectivity index (χ0v) is 11.0. The minimum Gasteiger partial charge on any atom is -0.298 e. The van der Waals surface area contributed by atoms with Crippen LogP contribution in [0.2, 0.25) is 0 Å². The van der Waals surface area contributed by atoms with Crippen molar-refractivity contribution < 1.29 is 26.7 Å². The predicted molar refractivity (Wildman–Crippen MR) is 72.1 cm³/mol. The first kappa shape index (κ1) is 15.9. The Labute approximate surface area is 122 Å². The lowest BCUT2D eigenvalue weighted by molar-refractivity contribution is -0.137. The van der Waals surface area contributed by atoms with Gasteiger partial charge in [-0.25, -0.2) is 8.78 Å². The second-order valence-corrected chi connectivity index (χ2v) is 4.54. The van der Waals surface area contributed by atoms with Crippen LogP contribution in [0.4, 0.5) is 22.0 Å². The van der Waals surface area contributed by atoms with Crippen molar-refractivity contribution >= 4 is 18.4 Å². The standard InChI is InChI=1S/C16H9F5O/c17-14-6-11(7-15(18)8-14)2-1-10-3-12(9-22)5-13(4-10)16(19,20)21/h1-9H/b2-1+. The molecule has 0 aliphatic heterocycles. The lowest BCUT2D eigenvalue weighted by Crippen LogP contribution is -2.06. The number of carbonyl (C=O) groups is 1. The summed E-state index contributed by atoms with van der Waals surface area (Å²) in [5, 5.41) is 0. The number of carbonyl (C=O) groups excluding carboxylic acids is 1. The molecular formula is C16H9F5O. The van der Waals surface area contributed by atoms with Crippen molar-refractivity contribution in [1.82, 2.24) is 0 Å². The molecule has 0 saturated carbocycles. The summed E-state index contributed by atoms with van der Waals surface area (Å²) in [5.74, 6) is -1.59. The minimum absolute atomic E-state index is 0.0987. The molecule has 1 nitrogen and oxygen atoms in total. The van der Waals surface area contributed by atoms with Gasteiger partial charge in [0.2, 0.25) is 0 Å². The molecule has 0 unspecified atom stereocenters. The molecule has 0 atom stereocenters. The van der Waals surface area contributed by atoms with Crippen LogP contribution in [-0.2, 0) is 6.18 Å². The van der Waals surface area contributed by atoms with Gasteiger partial charge >= 0.3 is 6.18 Å². The van der Waals surface area contributed by atoms with E-state index in [9.17, 15) is 26.7 Å². The van der Waals surface area contributed by atoms with Crippen molar-refractivity contribution in [2.75, 3.05) is 0 Å². The summed E-state index contributed by atoms with van der Waals surface area (Å²) in [5.41, 5.74) is -0.855. The van der Waals surface area contributed by atoms with Gasteiger partial charge in [-0.15, -0.1) is 0 Å². The van der Waals surface area contributed by atoms with Gasteiger partial charge in [-0.05, 0) is 41.5 Å². The molecule has 2 rings (SSSR count). The van der Waals surface area contributed by atoms with Gasteiger partial charge in [0.25, 0.3) is 0 Å². The van der Waals surface area contributed by atoms with E-state index in [0.29, 0.717) is 12.4 Å². The van der Waals surface area contributed by atoms with Crippen molar-refractivity contribution in [2.45, 2.75) is 6.18 Å². The predicted octanol–water partition coefficient (Wildman–Crippen LogP) is 4.97. The first-order chi connectivity index (χ1) is 10.3. The maximum atomic E-state index is 13.0. The lowest BCUT2D eigenvalue weighted by atomic mass is 10.0. The number of benzene rings is 2. The van der Waals surface area contributed by atoms with Gasteiger partial charge in [-0.2, -0.15) is 13.2 Å². The van der Waals surface area contributed by atoms with Crippen LogP contribution in [0.5, 0.6) is 0 Å². The number of rotatable bonds is 3. The monoisotopic (exact) mass is 312 g/mol. The topological polar surface area (TPSA) is 17.1 Å². The molecule has 22 heavy (non-hydrogen) atoms. The first-order valence-corrected chi connectivity index (χ1v) is 6.09. The Kier molecular flexibility index (Phi) is 4.40. The van der Waals surface area contributed by atoms with Crippen LogP contribution in [0.25, 0.3) is 12.2 Å². The van der Waals surface area contributed by atoms with Gasteiger partial charge in [0, 0.05) is 11.6 Å². The van der Waals surface area contributed by atoms with Gasteiger partial charge < -0.3 is 0 Å². The second kappa shape index (κ2) is 6.09. The highest BCUT2D eigenvalue weighted by Crippen LogP contribution is 2.30. The minimum atomic E-state index is -4.59. The molecule has 0 bridgehead atoms. The van der Waals surface area contributed by atoms with Crippen molar-refractivity contribution in [3.05, 3.63) is 70.3 Å². The van der Waals surface area contributed by atoms with E-state index in [-0.39, 0.29) is 16.7 Å². The molecule has 2 aromatic rings. The molecule has 0 aliphatic rings. The summed E-state index contributed by atoms with van der Waals surface area (Å²) < 4.78 is 64.2. The molecule has 114 valence electrons. The molecule has 0 radical (unpaired) electrons. The van der Waals surface area contributed by atoms with Crippen LogP contribution in [0.3, 0.4) is 0 Å². The summed E-state index contributed by atoms with van der Waals surface area (Å²) in [6.45, 7) is 0. The molecule has 0 aromatic heterocycles. The molecule has 0 heterocycles. The Hall–Kier alpha value is -2.50. The number of alkyl halides is 3. The Morgan fingerprint density at radius 2 is 1.23 bits per heavy atom. The van der Waals surface area contributed by atoms with Crippen molar-refractivity contribution in [3.8, 4) is 0 Å². The molecule has 6 heteroatoms. The van der Waals surface area contributed by atoms with Crippen molar-refractivity contribution in [2.24, 2.45) is 0 Å². The van der Waals surface area contributed by atoms with Crippen LogP contribution in [0, 0.1) is 11.6 Å². The van der Waals surface area contributed by atoms with Crippen LogP contribution in [0.15, 0.2) is 36.4 Å². The highest BCUT2D eigenvalue weighted by molar-refractivity contribution is 5.79. The number of hydrogen-bond acceptors (Lipinski definition) is 1. The maximum Gasteiger partial charge on any atom is 0.416 e. The van der Waals surface area contributed by atoms with Crippen LogP contribution >= 0.6 is 0 Å². The molecule has 0 amide bonds.